The summed E-state index contributed by atoms with van der Waals surface area (Å²) in [6, 6.07) is 8.52. The lowest BCUT2D eigenvalue weighted by molar-refractivity contribution is 0.494. The van der Waals surface area contributed by atoms with Crippen LogP contribution in [0.4, 0.5) is 0 Å². The molecule has 0 aromatic heterocycles. The predicted octanol–water partition coefficient (Wildman–Crippen LogP) is 4.18. The zero-order chi connectivity index (χ0) is 11.1. The summed E-state index contributed by atoms with van der Waals surface area (Å²) >= 11 is 6.19. The van der Waals surface area contributed by atoms with Gasteiger partial charge in [0.2, 0.25) is 0 Å². The summed E-state index contributed by atoms with van der Waals surface area (Å²) in [5.74, 6) is 0. The molecule has 1 aromatic carbocycles. The minimum absolute atomic E-state index is 0.406. The highest BCUT2D eigenvalue weighted by molar-refractivity contribution is 6.31. The summed E-state index contributed by atoms with van der Waals surface area (Å²) in [6.45, 7) is 5.44. The average Bonchev–Trinajstić information content (AvgIpc) is 2.25. The normalized spacial score (nSPS) is 12.7. The van der Waals surface area contributed by atoms with Gasteiger partial charge in [-0.15, -0.1) is 0 Å². The maximum Gasteiger partial charge on any atom is 0.0453 e. The third-order valence-electron chi connectivity index (χ3n) is 2.50. The van der Waals surface area contributed by atoms with Gasteiger partial charge in [0, 0.05) is 11.1 Å². The number of halogens is 1. The Morgan fingerprint density at radius 2 is 1.93 bits per heavy atom. The molecule has 0 heterocycles. The van der Waals surface area contributed by atoms with E-state index in [0.29, 0.717) is 6.04 Å². The Hall–Kier alpha value is -0.530. The zero-order valence-corrected chi connectivity index (χ0v) is 10.3. The first-order valence-corrected chi connectivity index (χ1v) is 6.15. The van der Waals surface area contributed by atoms with Crippen LogP contribution in [-0.4, -0.2) is 6.54 Å². The van der Waals surface area contributed by atoms with Crippen LogP contribution in [0.3, 0.4) is 0 Å². The van der Waals surface area contributed by atoms with Crippen LogP contribution in [0.1, 0.15) is 44.7 Å². The van der Waals surface area contributed by atoms with E-state index in [4.69, 9.17) is 11.6 Å². The van der Waals surface area contributed by atoms with E-state index >= 15 is 0 Å². The third-order valence-corrected chi connectivity index (χ3v) is 2.84. The van der Waals surface area contributed by atoms with Crippen molar-refractivity contribution in [2.45, 2.75) is 39.2 Å². The molecule has 1 aromatic rings. The summed E-state index contributed by atoms with van der Waals surface area (Å²) in [6.07, 6.45) is 3.47. The molecule has 0 aliphatic rings. The number of hydrogen-bond donors (Lipinski definition) is 1. The van der Waals surface area contributed by atoms with Crippen LogP contribution in [0, 0.1) is 0 Å². The van der Waals surface area contributed by atoms with Crippen molar-refractivity contribution in [2.75, 3.05) is 6.54 Å². The van der Waals surface area contributed by atoms with Crippen LogP contribution < -0.4 is 5.32 Å². The van der Waals surface area contributed by atoms with Gasteiger partial charge >= 0.3 is 0 Å². The van der Waals surface area contributed by atoms with E-state index in [1.54, 1.807) is 0 Å². The van der Waals surface area contributed by atoms with Gasteiger partial charge < -0.3 is 5.32 Å². The van der Waals surface area contributed by atoms with Crippen molar-refractivity contribution in [1.82, 2.24) is 5.32 Å². The molecule has 0 radical (unpaired) electrons. The second-order valence-electron chi connectivity index (χ2n) is 3.82. The summed E-state index contributed by atoms with van der Waals surface area (Å²) in [7, 11) is 0. The SMILES string of the molecule is CCCNC(CCC)c1ccccc1Cl. The quantitative estimate of drug-likeness (QED) is 0.766. The van der Waals surface area contributed by atoms with Gasteiger partial charge in [0.25, 0.3) is 0 Å². The molecular formula is C13H20ClN. The molecule has 1 atom stereocenters. The lowest BCUT2D eigenvalue weighted by Gasteiger charge is -2.19. The van der Waals surface area contributed by atoms with E-state index in [-0.39, 0.29) is 0 Å². The summed E-state index contributed by atoms with van der Waals surface area (Å²) in [5, 5.41) is 4.42. The Kier molecular flexibility index (Phi) is 5.74. The van der Waals surface area contributed by atoms with Gasteiger partial charge in [-0.25, -0.2) is 0 Å². The monoisotopic (exact) mass is 225 g/mol. The van der Waals surface area contributed by atoms with Crippen LogP contribution in [-0.2, 0) is 0 Å². The number of rotatable bonds is 6. The Morgan fingerprint density at radius 1 is 1.20 bits per heavy atom. The Labute approximate surface area is 97.8 Å². The second-order valence-corrected chi connectivity index (χ2v) is 4.22. The Morgan fingerprint density at radius 3 is 2.53 bits per heavy atom. The Bertz CT molecular complexity index is 286. The van der Waals surface area contributed by atoms with Crippen molar-refractivity contribution in [3.8, 4) is 0 Å². The lowest BCUT2D eigenvalue weighted by Crippen LogP contribution is -2.22. The van der Waals surface area contributed by atoms with Gasteiger partial charge in [-0.05, 0) is 31.0 Å². The molecule has 1 unspecified atom stereocenters. The average molecular weight is 226 g/mol. The topological polar surface area (TPSA) is 12.0 Å². The molecule has 0 spiro atoms. The predicted molar refractivity (Wildman–Crippen MR) is 67.4 cm³/mol. The van der Waals surface area contributed by atoms with Crippen LogP contribution >= 0.6 is 11.6 Å². The maximum atomic E-state index is 6.19. The van der Waals surface area contributed by atoms with Crippen molar-refractivity contribution in [1.29, 1.82) is 0 Å². The first kappa shape index (κ1) is 12.5. The summed E-state index contributed by atoms with van der Waals surface area (Å²) in [5.41, 5.74) is 1.23. The smallest absolute Gasteiger partial charge is 0.0453 e. The van der Waals surface area contributed by atoms with E-state index < -0.39 is 0 Å². The van der Waals surface area contributed by atoms with Gasteiger partial charge in [0.1, 0.15) is 0 Å². The molecular weight excluding hydrogens is 206 g/mol. The highest BCUT2D eigenvalue weighted by Gasteiger charge is 2.11. The van der Waals surface area contributed by atoms with Gasteiger partial charge in [-0.3, -0.25) is 0 Å². The van der Waals surface area contributed by atoms with E-state index in [2.05, 4.69) is 31.3 Å². The standard InChI is InChI=1S/C13H20ClN/c1-3-7-13(15-10-4-2)11-8-5-6-9-12(11)14/h5-6,8-9,13,15H,3-4,7,10H2,1-2H3. The van der Waals surface area contributed by atoms with Crippen LogP contribution in [0.2, 0.25) is 5.02 Å². The van der Waals surface area contributed by atoms with Crippen LogP contribution in [0.15, 0.2) is 24.3 Å². The molecule has 0 amide bonds. The van der Waals surface area contributed by atoms with Gasteiger partial charge in [-0.2, -0.15) is 0 Å². The fourth-order valence-electron chi connectivity index (χ4n) is 1.73. The maximum absolute atomic E-state index is 6.19. The van der Waals surface area contributed by atoms with Crippen LogP contribution in [0.5, 0.6) is 0 Å². The molecule has 0 fully saturated rings. The van der Waals surface area contributed by atoms with Crippen LogP contribution in [0.25, 0.3) is 0 Å². The van der Waals surface area contributed by atoms with E-state index in [1.807, 2.05) is 12.1 Å². The minimum atomic E-state index is 0.406. The van der Waals surface area contributed by atoms with E-state index in [0.717, 1.165) is 24.4 Å². The van der Waals surface area contributed by atoms with Crippen molar-refractivity contribution in [3.63, 3.8) is 0 Å². The van der Waals surface area contributed by atoms with E-state index in [1.165, 1.54) is 12.0 Å². The first-order valence-electron chi connectivity index (χ1n) is 5.77. The molecule has 1 N–H and O–H groups in total. The first-order chi connectivity index (χ1) is 7.29. The molecule has 0 bridgehead atoms. The summed E-state index contributed by atoms with van der Waals surface area (Å²) in [4.78, 5) is 0. The molecule has 0 aliphatic heterocycles. The van der Waals surface area contributed by atoms with Crippen molar-refractivity contribution < 1.29 is 0 Å². The zero-order valence-electron chi connectivity index (χ0n) is 9.59. The Balaban J connectivity index is 2.74. The highest BCUT2D eigenvalue weighted by Crippen LogP contribution is 2.25. The third kappa shape index (κ3) is 3.84. The molecule has 15 heavy (non-hydrogen) atoms. The molecule has 1 nitrogen and oxygen atoms in total. The number of hydrogen-bond acceptors (Lipinski definition) is 1. The number of benzene rings is 1. The van der Waals surface area contributed by atoms with Crippen molar-refractivity contribution >= 4 is 11.6 Å². The molecule has 84 valence electrons. The van der Waals surface area contributed by atoms with Gasteiger partial charge in [-0.1, -0.05) is 50.1 Å². The largest absolute Gasteiger partial charge is 0.310 e. The van der Waals surface area contributed by atoms with E-state index in [9.17, 15) is 0 Å². The minimum Gasteiger partial charge on any atom is -0.310 e. The highest BCUT2D eigenvalue weighted by atomic mass is 35.5. The van der Waals surface area contributed by atoms with Crippen molar-refractivity contribution in [2.24, 2.45) is 0 Å². The molecule has 0 saturated carbocycles. The molecule has 0 saturated heterocycles. The lowest BCUT2D eigenvalue weighted by atomic mass is 10.0. The van der Waals surface area contributed by atoms with Gasteiger partial charge in [0.05, 0.1) is 0 Å². The number of nitrogens with one attached hydrogen (secondary N) is 1. The fourth-order valence-corrected chi connectivity index (χ4v) is 2.00. The van der Waals surface area contributed by atoms with Gasteiger partial charge in [0.15, 0.2) is 0 Å². The molecule has 1 rings (SSSR count). The molecule has 0 aliphatic carbocycles. The fraction of sp³-hybridized carbons (Fsp3) is 0.538. The summed E-state index contributed by atoms with van der Waals surface area (Å²) < 4.78 is 0. The molecule has 2 heteroatoms. The second kappa shape index (κ2) is 6.86. The van der Waals surface area contributed by atoms with Crippen molar-refractivity contribution in [3.05, 3.63) is 34.9 Å².